The molecule has 0 unspecified atom stereocenters. The quantitative estimate of drug-likeness (QED) is 0.658. The van der Waals surface area contributed by atoms with Gasteiger partial charge in [0.25, 0.3) is 5.91 Å². The summed E-state index contributed by atoms with van der Waals surface area (Å²) in [6.45, 7) is 1.56. The summed E-state index contributed by atoms with van der Waals surface area (Å²) in [7, 11) is 2.84. The summed E-state index contributed by atoms with van der Waals surface area (Å²) >= 11 is 0. The fourth-order valence-electron chi connectivity index (χ4n) is 1.75. The van der Waals surface area contributed by atoms with Crippen molar-refractivity contribution in [1.82, 2.24) is 10.6 Å². The van der Waals surface area contributed by atoms with Crippen LogP contribution in [0.2, 0.25) is 0 Å². The summed E-state index contributed by atoms with van der Waals surface area (Å²) in [5.74, 6) is -1.02. The summed E-state index contributed by atoms with van der Waals surface area (Å²) in [6.07, 6.45) is 0. The lowest BCUT2D eigenvalue weighted by Gasteiger charge is -2.12. The Labute approximate surface area is 134 Å². The molecule has 0 atom stereocenters. The van der Waals surface area contributed by atoms with Crippen molar-refractivity contribution >= 4 is 17.8 Å². The molecule has 8 heteroatoms. The lowest BCUT2D eigenvalue weighted by Crippen LogP contribution is -2.38. The number of hydrogen-bond acceptors (Lipinski definition) is 6. The van der Waals surface area contributed by atoms with Crippen molar-refractivity contribution < 1.29 is 28.6 Å². The number of likely N-dealkylation sites (N-methyl/N-ethyl adjacent to an activating group) is 1. The second kappa shape index (κ2) is 9.29. The van der Waals surface area contributed by atoms with Gasteiger partial charge in [-0.1, -0.05) is 6.07 Å². The maximum Gasteiger partial charge on any atom is 0.342 e. The second-order valence-corrected chi connectivity index (χ2v) is 4.35. The Morgan fingerprint density at radius 1 is 1.04 bits per heavy atom. The number of hydrogen-bond donors (Lipinski definition) is 2. The minimum Gasteiger partial charge on any atom is -0.493 e. The number of ether oxygens (including phenoxy) is 3. The number of methoxy groups -OCH3 is 2. The highest BCUT2D eigenvalue weighted by Crippen LogP contribution is 2.30. The van der Waals surface area contributed by atoms with Gasteiger partial charge in [-0.15, -0.1) is 0 Å². The Hall–Kier alpha value is -2.77. The maximum atomic E-state index is 12.0. The highest BCUT2D eigenvalue weighted by molar-refractivity contribution is 5.95. The fourth-order valence-corrected chi connectivity index (χ4v) is 1.75. The summed E-state index contributed by atoms with van der Waals surface area (Å²) in [4.78, 5) is 34.8. The minimum atomic E-state index is -0.728. The number of rotatable bonds is 8. The third kappa shape index (κ3) is 5.50. The van der Waals surface area contributed by atoms with Crippen molar-refractivity contribution in [2.75, 3.05) is 33.9 Å². The molecule has 0 heterocycles. The third-order valence-corrected chi connectivity index (χ3v) is 2.78. The van der Waals surface area contributed by atoms with Crippen LogP contribution < -0.4 is 20.1 Å². The van der Waals surface area contributed by atoms with Crippen molar-refractivity contribution in [1.29, 1.82) is 0 Å². The molecule has 23 heavy (non-hydrogen) atoms. The zero-order valence-electron chi connectivity index (χ0n) is 13.3. The SMILES string of the molecule is CCNC(=O)CNC(=O)COC(=O)c1cccc(OC)c1OC. The van der Waals surface area contributed by atoms with E-state index in [1.165, 1.54) is 20.3 Å². The van der Waals surface area contributed by atoms with E-state index >= 15 is 0 Å². The first kappa shape index (κ1) is 18.3. The number of para-hydroxylation sites is 1. The molecule has 0 radical (unpaired) electrons. The first-order chi connectivity index (χ1) is 11.0. The van der Waals surface area contributed by atoms with Gasteiger partial charge in [0.1, 0.15) is 5.56 Å². The molecule has 0 saturated carbocycles. The number of carbonyl (C=O) groups excluding carboxylic acids is 3. The van der Waals surface area contributed by atoms with Crippen molar-refractivity contribution in [3.63, 3.8) is 0 Å². The lowest BCUT2D eigenvalue weighted by atomic mass is 10.2. The van der Waals surface area contributed by atoms with Crippen LogP contribution in [0.1, 0.15) is 17.3 Å². The third-order valence-electron chi connectivity index (χ3n) is 2.78. The molecule has 0 spiro atoms. The highest BCUT2D eigenvalue weighted by atomic mass is 16.5. The van der Waals surface area contributed by atoms with Gasteiger partial charge in [0.15, 0.2) is 18.1 Å². The van der Waals surface area contributed by atoms with Crippen LogP contribution >= 0.6 is 0 Å². The van der Waals surface area contributed by atoms with E-state index in [1.807, 2.05) is 0 Å². The van der Waals surface area contributed by atoms with Gasteiger partial charge in [0, 0.05) is 6.54 Å². The largest absolute Gasteiger partial charge is 0.493 e. The van der Waals surface area contributed by atoms with Crippen molar-refractivity contribution in [2.45, 2.75) is 6.92 Å². The average Bonchev–Trinajstić information content (AvgIpc) is 2.57. The molecule has 1 aromatic rings. The molecule has 0 fully saturated rings. The molecule has 2 N–H and O–H groups in total. The monoisotopic (exact) mass is 324 g/mol. The molecule has 0 aliphatic heterocycles. The van der Waals surface area contributed by atoms with Gasteiger partial charge in [0.05, 0.1) is 20.8 Å². The predicted octanol–water partition coefficient (Wildman–Crippen LogP) is 0.113. The summed E-state index contributed by atoms with van der Waals surface area (Å²) < 4.78 is 15.1. The molecule has 0 aromatic heterocycles. The second-order valence-electron chi connectivity index (χ2n) is 4.35. The van der Waals surface area contributed by atoms with Crippen LogP contribution in [0.3, 0.4) is 0 Å². The smallest absolute Gasteiger partial charge is 0.342 e. The number of nitrogens with one attached hydrogen (secondary N) is 2. The molecular weight excluding hydrogens is 304 g/mol. The molecule has 1 rings (SSSR count). The van der Waals surface area contributed by atoms with Crippen LogP contribution in [0.5, 0.6) is 11.5 Å². The normalized spacial score (nSPS) is 9.70. The summed E-state index contributed by atoms with van der Waals surface area (Å²) in [6, 6.07) is 4.73. The van der Waals surface area contributed by atoms with Gasteiger partial charge in [-0.2, -0.15) is 0 Å². The van der Waals surface area contributed by atoms with Crippen molar-refractivity contribution in [3.8, 4) is 11.5 Å². The Bertz CT molecular complexity index is 573. The topological polar surface area (TPSA) is 103 Å². The van der Waals surface area contributed by atoms with E-state index in [1.54, 1.807) is 19.1 Å². The molecular formula is C15H20N2O6. The van der Waals surface area contributed by atoms with Crippen LogP contribution in [0.15, 0.2) is 18.2 Å². The summed E-state index contributed by atoms with van der Waals surface area (Å²) in [5.41, 5.74) is 0.142. The van der Waals surface area contributed by atoms with E-state index in [0.717, 1.165) is 0 Å². The van der Waals surface area contributed by atoms with Crippen molar-refractivity contribution in [2.24, 2.45) is 0 Å². The zero-order valence-corrected chi connectivity index (χ0v) is 13.3. The van der Waals surface area contributed by atoms with Gasteiger partial charge in [-0.25, -0.2) is 4.79 Å². The molecule has 1 aromatic carbocycles. The van der Waals surface area contributed by atoms with E-state index in [2.05, 4.69) is 10.6 Å². The molecule has 2 amide bonds. The maximum absolute atomic E-state index is 12.0. The number of benzene rings is 1. The summed E-state index contributed by atoms with van der Waals surface area (Å²) in [5, 5.41) is 4.87. The van der Waals surface area contributed by atoms with Gasteiger partial charge >= 0.3 is 5.97 Å². The van der Waals surface area contributed by atoms with Gasteiger partial charge in [-0.3, -0.25) is 9.59 Å². The van der Waals surface area contributed by atoms with Gasteiger partial charge in [0.2, 0.25) is 5.91 Å². The Morgan fingerprint density at radius 3 is 2.39 bits per heavy atom. The van der Waals surface area contributed by atoms with Crippen molar-refractivity contribution in [3.05, 3.63) is 23.8 Å². The number of amides is 2. The van der Waals surface area contributed by atoms with Crippen LogP contribution in [0.25, 0.3) is 0 Å². The van der Waals surface area contributed by atoms with E-state index in [9.17, 15) is 14.4 Å². The highest BCUT2D eigenvalue weighted by Gasteiger charge is 2.18. The standard InChI is InChI=1S/C15H20N2O6/c1-4-16-12(18)8-17-13(19)9-23-15(20)10-6-5-7-11(21-2)14(10)22-3/h5-7H,4,8-9H2,1-3H3,(H,16,18)(H,17,19). The predicted molar refractivity (Wildman–Crippen MR) is 81.5 cm³/mol. The Kier molecular flexibility index (Phi) is 7.38. The van der Waals surface area contributed by atoms with Crippen LogP contribution in [-0.4, -0.2) is 51.7 Å². The van der Waals surface area contributed by atoms with E-state index in [4.69, 9.17) is 14.2 Å². The van der Waals surface area contributed by atoms with Crippen LogP contribution in [0.4, 0.5) is 0 Å². The first-order valence-electron chi connectivity index (χ1n) is 6.95. The van der Waals surface area contributed by atoms with E-state index < -0.39 is 18.5 Å². The Balaban J connectivity index is 2.57. The molecule has 0 aliphatic carbocycles. The fraction of sp³-hybridized carbons (Fsp3) is 0.400. The van der Waals surface area contributed by atoms with E-state index in [0.29, 0.717) is 12.3 Å². The minimum absolute atomic E-state index is 0.142. The lowest BCUT2D eigenvalue weighted by molar-refractivity contribution is -0.127. The average molecular weight is 324 g/mol. The molecule has 0 aliphatic rings. The van der Waals surface area contributed by atoms with Crippen LogP contribution in [0, 0.1) is 0 Å². The molecule has 0 bridgehead atoms. The number of esters is 1. The molecule has 8 nitrogen and oxygen atoms in total. The molecule has 0 saturated heterocycles. The van der Waals surface area contributed by atoms with Gasteiger partial charge < -0.3 is 24.8 Å². The van der Waals surface area contributed by atoms with E-state index in [-0.39, 0.29) is 23.8 Å². The first-order valence-corrected chi connectivity index (χ1v) is 6.95. The Morgan fingerprint density at radius 2 is 1.78 bits per heavy atom. The van der Waals surface area contributed by atoms with Crippen LogP contribution in [-0.2, 0) is 14.3 Å². The molecule has 126 valence electrons. The van der Waals surface area contributed by atoms with Gasteiger partial charge in [-0.05, 0) is 19.1 Å². The number of carbonyl (C=O) groups is 3. The zero-order chi connectivity index (χ0) is 17.2.